The third-order valence-corrected chi connectivity index (χ3v) is 2.72. The molecule has 0 atom stereocenters. The number of carboxylic acids is 1. The Balaban J connectivity index is 2.17. The number of aromatic nitrogens is 2. The zero-order valence-electron chi connectivity index (χ0n) is 10.5. The van der Waals surface area contributed by atoms with Gasteiger partial charge in [0.05, 0.1) is 13.0 Å². The van der Waals surface area contributed by atoms with Gasteiger partial charge in [0.15, 0.2) is 0 Å². The second-order valence-electron chi connectivity index (χ2n) is 4.43. The van der Waals surface area contributed by atoms with Crippen molar-refractivity contribution in [2.24, 2.45) is 0 Å². The number of benzene rings is 1. The molecule has 1 heterocycles. The van der Waals surface area contributed by atoms with Crippen molar-refractivity contribution in [2.45, 2.75) is 19.9 Å². The largest absolute Gasteiger partial charge is 0.481 e. The van der Waals surface area contributed by atoms with Crippen molar-refractivity contribution >= 4 is 5.97 Å². The van der Waals surface area contributed by atoms with Crippen LogP contribution >= 0.6 is 0 Å². The van der Waals surface area contributed by atoms with Gasteiger partial charge in [0.2, 0.25) is 0 Å². The Morgan fingerprint density at radius 1 is 1.26 bits per heavy atom. The summed E-state index contributed by atoms with van der Waals surface area (Å²) in [4.78, 5) is 25.9. The number of nitrogens with zero attached hydrogens (tertiary/aromatic N) is 2. The summed E-state index contributed by atoms with van der Waals surface area (Å²) in [6, 6.07) is 7.18. The lowest BCUT2D eigenvalue weighted by molar-refractivity contribution is -0.136. The van der Waals surface area contributed by atoms with Crippen molar-refractivity contribution in [3.05, 3.63) is 63.8 Å². The molecule has 98 valence electrons. The van der Waals surface area contributed by atoms with Crippen LogP contribution in [0.1, 0.15) is 16.7 Å². The summed E-state index contributed by atoms with van der Waals surface area (Å²) < 4.78 is 1.53. The maximum atomic E-state index is 11.6. The summed E-state index contributed by atoms with van der Waals surface area (Å²) in [7, 11) is 0. The molecule has 5 heteroatoms. The molecule has 19 heavy (non-hydrogen) atoms. The van der Waals surface area contributed by atoms with Crippen LogP contribution in [0.3, 0.4) is 0 Å². The van der Waals surface area contributed by atoms with E-state index >= 15 is 0 Å². The molecule has 0 aliphatic carbocycles. The first kappa shape index (κ1) is 13.0. The Kier molecular flexibility index (Phi) is 3.75. The van der Waals surface area contributed by atoms with Gasteiger partial charge in [-0.1, -0.05) is 24.3 Å². The van der Waals surface area contributed by atoms with E-state index in [2.05, 4.69) is 4.98 Å². The van der Waals surface area contributed by atoms with Gasteiger partial charge in [-0.25, -0.2) is 9.78 Å². The number of hydrogen-bond acceptors (Lipinski definition) is 3. The number of carboxylic acid groups (broad SMARTS) is 1. The van der Waals surface area contributed by atoms with E-state index in [1.807, 2.05) is 19.1 Å². The first-order valence-corrected chi connectivity index (χ1v) is 5.87. The average Bonchev–Trinajstić information content (AvgIpc) is 2.35. The van der Waals surface area contributed by atoms with E-state index in [1.54, 1.807) is 18.3 Å². The van der Waals surface area contributed by atoms with Gasteiger partial charge >= 0.3 is 11.7 Å². The maximum absolute atomic E-state index is 11.6. The molecule has 0 radical (unpaired) electrons. The summed E-state index contributed by atoms with van der Waals surface area (Å²) in [5.41, 5.74) is 2.30. The molecule has 1 N–H and O–H groups in total. The van der Waals surface area contributed by atoms with Crippen LogP contribution in [0.4, 0.5) is 0 Å². The van der Waals surface area contributed by atoms with Gasteiger partial charge in [0.1, 0.15) is 0 Å². The topological polar surface area (TPSA) is 72.2 Å². The molecule has 5 nitrogen and oxygen atoms in total. The summed E-state index contributed by atoms with van der Waals surface area (Å²) >= 11 is 0. The highest BCUT2D eigenvalue weighted by atomic mass is 16.4. The minimum absolute atomic E-state index is 0.00618. The predicted octanol–water partition coefficient (Wildman–Crippen LogP) is 1.23. The number of aryl methyl sites for hydroxylation is 1. The Hall–Kier alpha value is -2.43. The minimum atomic E-state index is -0.855. The van der Waals surface area contributed by atoms with Gasteiger partial charge in [-0.2, -0.15) is 0 Å². The van der Waals surface area contributed by atoms with E-state index < -0.39 is 5.97 Å². The quantitative estimate of drug-likeness (QED) is 0.895. The molecule has 1 aromatic heterocycles. The fraction of sp³-hybridized carbons (Fsp3) is 0.214. The lowest BCUT2D eigenvalue weighted by Crippen LogP contribution is -2.22. The SMILES string of the molecule is Cc1cnc(=O)n(Cc2ccc(CC(=O)O)cc2)c1. The predicted molar refractivity (Wildman–Crippen MR) is 70.1 cm³/mol. The van der Waals surface area contributed by atoms with E-state index in [0.29, 0.717) is 6.54 Å². The highest BCUT2D eigenvalue weighted by molar-refractivity contribution is 5.70. The average molecular weight is 258 g/mol. The number of hydrogen-bond donors (Lipinski definition) is 1. The second kappa shape index (κ2) is 5.48. The first-order valence-electron chi connectivity index (χ1n) is 5.87. The molecule has 0 bridgehead atoms. The van der Waals surface area contributed by atoms with Crippen molar-refractivity contribution in [3.63, 3.8) is 0 Å². The van der Waals surface area contributed by atoms with Gasteiger partial charge in [0.25, 0.3) is 0 Å². The second-order valence-corrected chi connectivity index (χ2v) is 4.43. The van der Waals surface area contributed by atoms with Crippen molar-refractivity contribution in [1.82, 2.24) is 9.55 Å². The summed E-state index contributed by atoms with van der Waals surface area (Å²) in [5.74, 6) is -0.855. The van der Waals surface area contributed by atoms with Crippen molar-refractivity contribution < 1.29 is 9.90 Å². The standard InChI is InChI=1S/C14H14N2O3/c1-10-7-15-14(19)16(8-10)9-12-4-2-11(3-5-12)6-13(17)18/h2-5,7-8H,6,9H2,1H3,(H,17,18). The van der Waals surface area contributed by atoms with Gasteiger partial charge < -0.3 is 5.11 Å². The molecule has 2 aromatic rings. The van der Waals surface area contributed by atoms with Gasteiger partial charge in [-0.3, -0.25) is 9.36 Å². The first-order chi connectivity index (χ1) is 9.04. The third kappa shape index (κ3) is 3.51. The Bertz CT molecular complexity index is 644. The molecule has 0 aliphatic heterocycles. The fourth-order valence-corrected chi connectivity index (χ4v) is 1.81. The molecule has 2 rings (SSSR count). The van der Waals surface area contributed by atoms with Crippen LogP contribution in [0.25, 0.3) is 0 Å². The van der Waals surface area contributed by atoms with Crippen LogP contribution < -0.4 is 5.69 Å². The monoisotopic (exact) mass is 258 g/mol. The fourth-order valence-electron chi connectivity index (χ4n) is 1.81. The van der Waals surface area contributed by atoms with Crippen molar-refractivity contribution in [2.75, 3.05) is 0 Å². The van der Waals surface area contributed by atoms with Crippen molar-refractivity contribution in [3.8, 4) is 0 Å². The lowest BCUT2D eigenvalue weighted by Gasteiger charge is -2.06. The number of aliphatic carboxylic acids is 1. The Labute approximate surface area is 110 Å². The van der Waals surface area contributed by atoms with Crippen LogP contribution in [-0.4, -0.2) is 20.6 Å². The number of rotatable bonds is 4. The third-order valence-electron chi connectivity index (χ3n) is 2.72. The molecular weight excluding hydrogens is 244 g/mol. The molecule has 0 unspecified atom stereocenters. The van der Waals surface area contributed by atoms with Crippen molar-refractivity contribution in [1.29, 1.82) is 0 Å². The molecule has 0 aliphatic rings. The van der Waals surface area contributed by atoms with E-state index in [1.165, 1.54) is 10.8 Å². The van der Waals surface area contributed by atoms with E-state index in [-0.39, 0.29) is 12.1 Å². The smallest absolute Gasteiger partial charge is 0.347 e. The van der Waals surface area contributed by atoms with Crippen LogP contribution in [0, 0.1) is 6.92 Å². The molecule has 0 amide bonds. The Morgan fingerprint density at radius 3 is 2.53 bits per heavy atom. The zero-order chi connectivity index (χ0) is 13.8. The highest BCUT2D eigenvalue weighted by Crippen LogP contribution is 2.06. The molecule has 0 spiro atoms. The normalized spacial score (nSPS) is 10.4. The van der Waals surface area contributed by atoms with Gasteiger partial charge in [-0.05, 0) is 23.6 Å². The van der Waals surface area contributed by atoms with Crippen LogP contribution in [-0.2, 0) is 17.8 Å². The minimum Gasteiger partial charge on any atom is -0.481 e. The molecule has 0 fully saturated rings. The van der Waals surface area contributed by atoms with Crippen LogP contribution in [0.2, 0.25) is 0 Å². The van der Waals surface area contributed by atoms with Crippen LogP contribution in [0.15, 0.2) is 41.5 Å². The molecular formula is C14H14N2O3. The highest BCUT2D eigenvalue weighted by Gasteiger charge is 2.02. The molecule has 0 saturated heterocycles. The van der Waals surface area contributed by atoms with E-state index in [4.69, 9.17) is 5.11 Å². The number of carbonyl (C=O) groups is 1. The lowest BCUT2D eigenvalue weighted by atomic mass is 10.1. The summed E-state index contributed by atoms with van der Waals surface area (Å²) in [6.45, 7) is 2.31. The maximum Gasteiger partial charge on any atom is 0.347 e. The van der Waals surface area contributed by atoms with Gasteiger partial charge in [-0.15, -0.1) is 0 Å². The van der Waals surface area contributed by atoms with E-state index in [9.17, 15) is 9.59 Å². The summed E-state index contributed by atoms with van der Waals surface area (Å²) in [5, 5.41) is 8.68. The van der Waals surface area contributed by atoms with Gasteiger partial charge in [0, 0.05) is 12.4 Å². The van der Waals surface area contributed by atoms with Crippen LogP contribution in [0.5, 0.6) is 0 Å². The summed E-state index contributed by atoms with van der Waals surface area (Å²) in [6.07, 6.45) is 3.29. The molecule has 1 aromatic carbocycles. The molecule has 0 saturated carbocycles. The van der Waals surface area contributed by atoms with E-state index in [0.717, 1.165) is 16.7 Å². The Morgan fingerprint density at radius 2 is 1.89 bits per heavy atom. The zero-order valence-corrected chi connectivity index (χ0v) is 10.5.